The summed E-state index contributed by atoms with van der Waals surface area (Å²) in [6.07, 6.45) is 1.60. The lowest BCUT2D eigenvalue weighted by Crippen LogP contribution is -2.12. The Hall–Kier alpha value is -2.50. The van der Waals surface area contributed by atoms with Crippen molar-refractivity contribution in [3.8, 4) is 0 Å². The van der Waals surface area contributed by atoms with Crippen LogP contribution < -0.4 is 0 Å². The second-order valence-electron chi connectivity index (χ2n) is 5.20. The highest BCUT2D eigenvalue weighted by Crippen LogP contribution is 2.24. The van der Waals surface area contributed by atoms with Gasteiger partial charge in [-0.15, -0.1) is 0 Å². The number of nitro groups is 1. The van der Waals surface area contributed by atoms with Gasteiger partial charge in [0.2, 0.25) is 0 Å². The molecule has 0 aliphatic heterocycles. The van der Waals surface area contributed by atoms with E-state index in [1.807, 2.05) is 13.8 Å². The molecular formula is C15H16N2O4. The van der Waals surface area contributed by atoms with Gasteiger partial charge in [-0.1, -0.05) is 19.9 Å². The van der Waals surface area contributed by atoms with Crippen LogP contribution in [0, 0.1) is 16.0 Å². The van der Waals surface area contributed by atoms with Gasteiger partial charge in [-0.3, -0.25) is 19.9 Å². The summed E-state index contributed by atoms with van der Waals surface area (Å²) in [7, 11) is 0. The molecule has 6 nitrogen and oxygen atoms in total. The maximum atomic E-state index is 11.7. The van der Waals surface area contributed by atoms with Gasteiger partial charge in [0.05, 0.1) is 28.9 Å². The van der Waals surface area contributed by atoms with E-state index in [4.69, 9.17) is 4.74 Å². The van der Waals surface area contributed by atoms with E-state index >= 15 is 0 Å². The Morgan fingerprint density at radius 2 is 2.19 bits per heavy atom. The molecule has 0 spiro atoms. The molecule has 6 heteroatoms. The van der Waals surface area contributed by atoms with Crippen LogP contribution in [0.3, 0.4) is 0 Å². The first kappa shape index (κ1) is 14.9. The van der Waals surface area contributed by atoms with Crippen LogP contribution in [0.5, 0.6) is 0 Å². The molecule has 0 saturated carbocycles. The Balaban J connectivity index is 2.24. The van der Waals surface area contributed by atoms with Crippen LogP contribution in [0.2, 0.25) is 0 Å². The first-order valence-electron chi connectivity index (χ1n) is 6.65. The maximum absolute atomic E-state index is 11.7. The van der Waals surface area contributed by atoms with Gasteiger partial charge < -0.3 is 4.74 Å². The van der Waals surface area contributed by atoms with E-state index in [0.29, 0.717) is 23.1 Å². The summed E-state index contributed by atoms with van der Waals surface area (Å²) < 4.78 is 5.10. The zero-order valence-corrected chi connectivity index (χ0v) is 11.9. The predicted molar refractivity (Wildman–Crippen MR) is 77.9 cm³/mol. The van der Waals surface area contributed by atoms with Gasteiger partial charge in [-0.05, 0) is 23.6 Å². The van der Waals surface area contributed by atoms with Crippen molar-refractivity contribution in [2.45, 2.75) is 20.3 Å². The van der Waals surface area contributed by atoms with Gasteiger partial charge in [-0.25, -0.2) is 0 Å². The average molecular weight is 288 g/mol. The Kier molecular flexibility index (Phi) is 4.47. The normalized spacial score (nSPS) is 10.8. The zero-order valence-electron chi connectivity index (χ0n) is 11.9. The minimum atomic E-state index is -0.453. The summed E-state index contributed by atoms with van der Waals surface area (Å²) in [5.74, 6) is -0.0896. The highest BCUT2D eigenvalue weighted by molar-refractivity contribution is 5.88. The van der Waals surface area contributed by atoms with E-state index in [9.17, 15) is 14.9 Å². The Bertz CT molecular complexity index is 682. The molecular weight excluding hydrogens is 272 g/mol. The van der Waals surface area contributed by atoms with Gasteiger partial charge in [0, 0.05) is 12.3 Å². The van der Waals surface area contributed by atoms with Crippen molar-refractivity contribution in [1.29, 1.82) is 0 Å². The molecule has 0 aliphatic carbocycles. The molecule has 0 fully saturated rings. The Morgan fingerprint density at radius 1 is 1.43 bits per heavy atom. The SMILES string of the molecule is CC(C)COC(=O)Cc1cnc2cccc([N+](=O)[O-])c2c1. The Labute approximate surface area is 121 Å². The fourth-order valence-corrected chi connectivity index (χ4v) is 1.91. The number of nitro benzene ring substituents is 1. The monoisotopic (exact) mass is 288 g/mol. The van der Waals surface area contributed by atoms with Crippen molar-refractivity contribution in [3.05, 3.63) is 46.1 Å². The molecule has 0 N–H and O–H groups in total. The fraction of sp³-hybridized carbons (Fsp3) is 0.333. The highest BCUT2D eigenvalue weighted by Gasteiger charge is 2.14. The van der Waals surface area contributed by atoms with E-state index in [2.05, 4.69) is 4.98 Å². The average Bonchev–Trinajstić information content (AvgIpc) is 2.44. The summed E-state index contributed by atoms with van der Waals surface area (Å²) in [4.78, 5) is 26.4. The third-order valence-corrected chi connectivity index (χ3v) is 2.88. The minimum absolute atomic E-state index is 0.0163. The predicted octanol–water partition coefficient (Wildman–Crippen LogP) is 2.88. The van der Waals surface area contributed by atoms with E-state index in [-0.39, 0.29) is 24.0 Å². The standard InChI is InChI=1S/C15H16N2O4/c1-10(2)9-21-15(18)7-11-6-12-13(16-8-11)4-3-5-14(12)17(19)20/h3-6,8,10H,7,9H2,1-2H3. The summed E-state index contributed by atoms with van der Waals surface area (Å²) in [5.41, 5.74) is 1.12. The minimum Gasteiger partial charge on any atom is -0.465 e. The molecule has 0 saturated heterocycles. The van der Waals surface area contributed by atoms with Crippen molar-refractivity contribution < 1.29 is 14.5 Å². The highest BCUT2D eigenvalue weighted by atomic mass is 16.6. The van der Waals surface area contributed by atoms with Crippen LogP contribution in [-0.4, -0.2) is 22.5 Å². The molecule has 1 aromatic heterocycles. The second-order valence-corrected chi connectivity index (χ2v) is 5.20. The summed E-state index contributed by atoms with van der Waals surface area (Å²) in [6, 6.07) is 6.33. The van der Waals surface area contributed by atoms with Crippen molar-refractivity contribution in [3.63, 3.8) is 0 Å². The van der Waals surface area contributed by atoms with Crippen LogP contribution in [-0.2, 0) is 16.0 Å². The van der Waals surface area contributed by atoms with E-state index < -0.39 is 4.92 Å². The van der Waals surface area contributed by atoms with Gasteiger partial charge in [0.15, 0.2) is 0 Å². The largest absolute Gasteiger partial charge is 0.465 e. The van der Waals surface area contributed by atoms with Crippen LogP contribution in [0.15, 0.2) is 30.5 Å². The number of non-ortho nitro benzene ring substituents is 1. The molecule has 2 rings (SSSR count). The van der Waals surface area contributed by atoms with Crippen molar-refractivity contribution >= 4 is 22.6 Å². The molecule has 2 aromatic rings. The van der Waals surface area contributed by atoms with Crippen LogP contribution >= 0.6 is 0 Å². The molecule has 0 amide bonds. The fourth-order valence-electron chi connectivity index (χ4n) is 1.91. The first-order chi connectivity index (χ1) is 9.97. The number of benzene rings is 1. The number of hydrogen-bond donors (Lipinski definition) is 0. The van der Waals surface area contributed by atoms with Crippen LogP contribution in [0.1, 0.15) is 19.4 Å². The maximum Gasteiger partial charge on any atom is 0.310 e. The van der Waals surface area contributed by atoms with Gasteiger partial charge in [-0.2, -0.15) is 0 Å². The second kappa shape index (κ2) is 6.30. The van der Waals surface area contributed by atoms with Crippen molar-refractivity contribution in [2.24, 2.45) is 5.92 Å². The number of carbonyl (C=O) groups is 1. The van der Waals surface area contributed by atoms with E-state index in [1.54, 1.807) is 24.4 Å². The molecule has 1 heterocycles. The number of pyridine rings is 1. The third-order valence-electron chi connectivity index (χ3n) is 2.88. The lowest BCUT2D eigenvalue weighted by molar-refractivity contribution is -0.383. The van der Waals surface area contributed by atoms with E-state index in [0.717, 1.165) is 0 Å². The molecule has 110 valence electrons. The van der Waals surface area contributed by atoms with Gasteiger partial charge >= 0.3 is 5.97 Å². The van der Waals surface area contributed by atoms with Gasteiger partial charge in [0.25, 0.3) is 5.69 Å². The molecule has 0 aliphatic rings. The number of nitrogens with zero attached hydrogens (tertiary/aromatic N) is 2. The molecule has 1 aromatic carbocycles. The first-order valence-corrected chi connectivity index (χ1v) is 6.65. The molecule has 0 bridgehead atoms. The lowest BCUT2D eigenvalue weighted by atomic mass is 10.1. The number of carbonyl (C=O) groups excluding carboxylic acids is 1. The Morgan fingerprint density at radius 3 is 2.86 bits per heavy atom. The van der Waals surface area contributed by atoms with E-state index in [1.165, 1.54) is 6.07 Å². The molecule has 0 atom stereocenters. The number of ether oxygens (including phenoxy) is 1. The number of fused-ring (bicyclic) bond motifs is 1. The van der Waals surface area contributed by atoms with Crippen LogP contribution in [0.25, 0.3) is 10.9 Å². The topological polar surface area (TPSA) is 82.3 Å². The summed E-state index contributed by atoms with van der Waals surface area (Å²) in [5, 5.41) is 11.4. The molecule has 0 radical (unpaired) electrons. The number of esters is 1. The summed E-state index contributed by atoms with van der Waals surface area (Å²) in [6.45, 7) is 4.27. The lowest BCUT2D eigenvalue weighted by Gasteiger charge is -2.07. The third kappa shape index (κ3) is 3.75. The zero-order chi connectivity index (χ0) is 15.4. The summed E-state index contributed by atoms with van der Waals surface area (Å²) >= 11 is 0. The van der Waals surface area contributed by atoms with Gasteiger partial charge in [0.1, 0.15) is 0 Å². The van der Waals surface area contributed by atoms with Crippen LogP contribution in [0.4, 0.5) is 5.69 Å². The number of rotatable bonds is 5. The molecule has 0 unspecified atom stereocenters. The van der Waals surface area contributed by atoms with Crippen molar-refractivity contribution in [1.82, 2.24) is 4.98 Å². The quantitative estimate of drug-likeness (QED) is 0.480. The smallest absolute Gasteiger partial charge is 0.310 e. The number of aromatic nitrogens is 1. The van der Waals surface area contributed by atoms with Crippen molar-refractivity contribution in [2.75, 3.05) is 6.61 Å². The molecule has 21 heavy (non-hydrogen) atoms. The number of hydrogen-bond acceptors (Lipinski definition) is 5.